The summed E-state index contributed by atoms with van der Waals surface area (Å²) >= 11 is 3.35. The van der Waals surface area contributed by atoms with Crippen LogP contribution in [0.2, 0.25) is 0 Å². The van der Waals surface area contributed by atoms with Gasteiger partial charge in [-0.1, -0.05) is 13.8 Å². The first-order valence-corrected chi connectivity index (χ1v) is 8.28. The van der Waals surface area contributed by atoms with E-state index in [2.05, 4.69) is 41.7 Å². The Morgan fingerprint density at radius 3 is 2.56 bits per heavy atom. The van der Waals surface area contributed by atoms with Crippen LogP contribution < -0.4 is 10.6 Å². The molecule has 2 heterocycles. The van der Waals surface area contributed by atoms with Gasteiger partial charge in [0.1, 0.15) is 5.82 Å². The molecule has 2 aromatic heterocycles. The van der Waals surface area contributed by atoms with Crippen molar-refractivity contribution in [3.05, 3.63) is 39.8 Å². The van der Waals surface area contributed by atoms with Crippen molar-refractivity contribution in [3.63, 3.8) is 0 Å². The maximum Gasteiger partial charge on any atom is 0.417 e. The van der Waals surface area contributed by atoms with Gasteiger partial charge in [-0.25, -0.2) is 4.98 Å². The minimum atomic E-state index is -4.41. The van der Waals surface area contributed by atoms with Crippen molar-refractivity contribution in [1.29, 1.82) is 0 Å². The molecule has 0 bridgehead atoms. The summed E-state index contributed by atoms with van der Waals surface area (Å²) in [5.41, 5.74) is 0.282. The van der Waals surface area contributed by atoms with E-state index in [0.29, 0.717) is 16.8 Å². The molecule has 25 heavy (non-hydrogen) atoms. The van der Waals surface area contributed by atoms with E-state index in [0.717, 1.165) is 18.0 Å². The van der Waals surface area contributed by atoms with Gasteiger partial charge in [-0.05, 0) is 34.0 Å². The van der Waals surface area contributed by atoms with Gasteiger partial charge in [0.15, 0.2) is 5.69 Å². The number of hydrogen-bond acceptors (Lipinski definition) is 4. The molecule has 0 spiro atoms. The van der Waals surface area contributed by atoms with Crippen molar-refractivity contribution < 1.29 is 18.0 Å². The quantitative estimate of drug-likeness (QED) is 0.625. The van der Waals surface area contributed by atoms with Crippen molar-refractivity contribution in [2.24, 2.45) is 0 Å². The fraction of sp³-hybridized carbons (Fsp3) is 0.400. The highest BCUT2D eigenvalue weighted by molar-refractivity contribution is 9.10. The largest absolute Gasteiger partial charge is 0.417 e. The first-order valence-electron chi connectivity index (χ1n) is 7.49. The Morgan fingerprint density at radius 2 is 2.04 bits per heavy atom. The second kappa shape index (κ2) is 7.85. The van der Waals surface area contributed by atoms with Gasteiger partial charge in [0, 0.05) is 19.3 Å². The summed E-state index contributed by atoms with van der Waals surface area (Å²) in [4.78, 5) is 15.8. The molecule has 0 radical (unpaired) electrons. The van der Waals surface area contributed by atoms with Crippen LogP contribution in [-0.2, 0) is 6.18 Å². The van der Waals surface area contributed by atoms with E-state index in [1.54, 1.807) is 0 Å². The van der Waals surface area contributed by atoms with Crippen LogP contribution in [0, 0.1) is 0 Å². The fourth-order valence-electron chi connectivity index (χ4n) is 1.99. The van der Waals surface area contributed by atoms with Crippen LogP contribution in [0.4, 0.5) is 19.0 Å². The first kappa shape index (κ1) is 19.2. The molecule has 3 N–H and O–H groups in total. The second-order valence-electron chi connectivity index (χ2n) is 5.57. The maximum atomic E-state index is 12.4. The molecular weight excluding hydrogens is 403 g/mol. The summed E-state index contributed by atoms with van der Waals surface area (Å²) in [6.45, 7) is 4.52. The minimum absolute atomic E-state index is 0.191. The lowest BCUT2D eigenvalue weighted by Crippen LogP contribution is -2.29. The van der Waals surface area contributed by atoms with Crippen molar-refractivity contribution >= 4 is 27.7 Å². The van der Waals surface area contributed by atoms with Crippen molar-refractivity contribution in [3.8, 4) is 0 Å². The van der Waals surface area contributed by atoms with Gasteiger partial charge in [0.25, 0.3) is 5.91 Å². The zero-order valence-corrected chi connectivity index (χ0v) is 15.1. The molecule has 0 aliphatic carbocycles. The minimum Gasteiger partial charge on any atom is -0.368 e. The third kappa shape index (κ3) is 4.94. The van der Waals surface area contributed by atoms with Gasteiger partial charge < -0.3 is 10.6 Å². The fourth-order valence-corrected chi connectivity index (χ4v) is 2.81. The Bertz CT molecular complexity index is 728. The molecule has 136 valence electrons. The van der Waals surface area contributed by atoms with Crippen molar-refractivity contribution in [2.45, 2.75) is 25.9 Å². The number of carbonyl (C=O) groups is 1. The standard InChI is InChI=1S/C15H17BrF3N5O/c1-8(2)12-11(16)13(24-23-12)14(25)21-6-5-20-10-4-3-9(7-22-10)15(17,18)19/h3-4,7-8H,5-6H2,1-2H3,(H,20,22)(H,21,25)(H,23,24). The zero-order chi connectivity index (χ0) is 18.6. The number of aromatic amines is 1. The van der Waals surface area contributed by atoms with Gasteiger partial charge in [0.05, 0.1) is 15.7 Å². The molecule has 2 aromatic rings. The lowest BCUT2D eigenvalue weighted by atomic mass is 10.1. The number of amides is 1. The molecule has 1 amide bonds. The molecule has 6 nitrogen and oxygen atoms in total. The van der Waals surface area contributed by atoms with Crippen molar-refractivity contribution in [1.82, 2.24) is 20.5 Å². The Morgan fingerprint density at radius 1 is 1.32 bits per heavy atom. The summed E-state index contributed by atoms with van der Waals surface area (Å²) < 4.78 is 37.9. The monoisotopic (exact) mass is 419 g/mol. The zero-order valence-electron chi connectivity index (χ0n) is 13.5. The van der Waals surface area contributed by atoms with Crippen LogP contribution in [0.1, 0.15) is 41.5 Å². The van der Waals surface area contributed by atoms with Gasteiger partial charge >= 0.3 is 6.18 Å². The molecule has 0 saturated heterocycles. The van der Waals surface area contributed by atoms with E-state index in [1.165, 1.54) is 6.07 Å². The number of nitrogens with zero attached hydrogens (tertiary/aromatic N) is 2. The lowest BCUT2D eigenvalue weighted by molar-refractivity contribution is -0.137. The van der Waals surface area contributed by atoms with Gasteiger partial charge in [-0.3, -0.25) is 9.89 Å². The Hall–Kier alpha value is -2.10. The number of carbonyl (C=O) groups excluding carboxylic acids is 1. The van der Waals surface area contributed by atoms with E-state index in [1.807, 2.05) is 13.8 Å². The molecule has 0 saturated carbocycles. The Labute approximate surface area is 150 Å². The topological polar surface area (TPSA) is 82.7 Å². The van der Waals surface area contributed by atoms with Gasteiger partial charge in [-0.15, -0.1) is 0 Å². The van der Waals surface area contributed by atoms with Crippen LogP contribution in [0.15, 0.2) is 22.8 Å². The van der Waals surface area contributed by atoms with Crippen LogP contribution in [0.5, 0.6) is 0 Å². The highest BCUT2D eigenvalue weighted by Crippen LogP contribution is 2.28. The third-order valence-electron chi connectivity index (χ3n) is 3.33. The summed E-state index contributed by atoms with van der Waals surface area (Å²) in [6.07, 6.45) is -3.65. The molecule has 0 aromatic carbocycles. The normalized spacial score (nSPS) is 11.6. The number of H-pyrrole nitrogens is 1. The third-order valence-corrected chi connectivity index (χ3v) is 4.14. The van der Waals surface area contributed by atoms with E-state index in [4.69, 9.17) is 0 Å². The summed E-state index contributed by atoms with van der Waals surface area (Å²) in [6, 6.07) is 2.19. The molecule has 0 atom stereocenters. The molecule has 0 fully saturated rings. The van der Waals surface area contributed by atoms with Crippen molar-refractivity contribution in [2.75, 3.05) is 18.4 Å². The second-order valence-corrected chi connectivity index (χ2v) is 6.36. The maximum absolute atomic E-state index is 12.4. The summed E-state index contributed by atoms with van der Waals surface area (Å²) in [5, 5.41) is 12.3. The molecule has 0 unspecified atom stereocenters. The number of rotatable bonds is 6. The lowest BCUT2D eigenvalue weighted by Gasteiger charge is -2.09. The van der Waals surface area contributed by atoms with Crippen LogP contribution in [-0.4, -0.2) is 34.2 Å². The number of nitrogens with one attached hydrogen (secondary N) is 3. The average molecular weight is 420 g/mol. The molecule has 2 rings (SSSR count). The highest BCUT2D eigenvalue weighted by Gasteiger charge is 2.30. The van der Waals surface area contributed by atoms with E-state index >= 15 is 0 Å². The number of aromatic nitrogens is 3. The van der Waals surface area contributed by atoms with Crippen LogP contribution in [0.25, 0.3) is 0 Å². The first-order chi connectivity index (χ1) is 11.7. The number of alkyl halides is 3. The number of hydrogen-bond donors (Lipinski definition) is 3. The average Bonchev–Trinajstić information content (AvgIpc) is 2.93. The van der Waals surface area contributed by atoms with Crippen LogP contribution in [0.3, 0.4) is 0 Å². The summed E-state index contributed by atoms with van der Waals surface area (Å²) in [7, 11) is 0. The molecule has 0 aliphatic rings. The smallest absolute Gasteiger partial charge is 0.368 e. The molecule has 10 heteroatoms. The SMILES string of the molecule is CC(C)c1[nH]nc(C(=O)NCCNc2ccc(C(F)(F)F)cn2)c1Br. The van der Waals surface area contributed by atoms with Gasteiger partial charge in [0.2, 0.25) is 0 Å². The highest BCUT2D eigenvalue weighted by atomic mass is 79.9. The van der Waals surface area contributed by atoms with E-state index in [9.17, 15) is 18.0 Å². The van der Waals surface area contributed by atoms with E-state index < -0.39 is 11.7 Å². The Kier molecular flexibility index (Phi) is 6.04. The summed E-state index contributed by atoms with van der Waals surface area (Å²) in [5.74, 6) is 0.137. The molecule has 0 aliphatic heterocycles. The number of anilines is 1. The predicted molar refractivity (Wildman–Crippen MR) is 90.4 cm³/mol. The van der Waals surface area contributed by atoms with Crippen LogP contribution >= 0.6 is 15.9 Å². The number of halogens is 4. The predicted octanol–water partition coefficient (Wildman–Crippen LogP) is 3.55. The number of pyridine rings is 1. The Balaban J connectivity index is 1.82. The van der Waals surface area contributed by atoms with E-state index in [-0.39, 0.29) is 24.1 Å². The van der Waals surface area contributed by atoms with Gasteiger partial charge in [-0.2, -0.15) is 18.3 Å². The molecular formula is C15H17BrF3N5O.